The van der Waals surface area contributed by atoms with Crippen LogP contribution in [0, 0.1) is 0 Å². The van der Waals surface area contributed by atoms with Crippen LogP contribution in [0.15, 0.2) is 218 Å². The molecular weight excluding hydrogens is 741 g/mol. The van der Waals surface area contributed by atoms with Gasteiger partial charge in [0.15, 0.2) is 17.5 Å². The van der Waals surface area contributed by atoms with Gasteiger partial charge in [0.05, 0.1) is 11.4 Å². The zero-order valence-corrected chi connectivity index (χ0v) is 33.1. The van der Waals surface area contributed by atoms with Crippen molar-refractivity contribution < 1.29 is 0 Å². The number of anilines is 3. The number of rotatable bonds is 6. The van der Waals surface area contributed by atoms with Gasteiger partial charge in [-0.1, -0.05) is 176 Å². The largest absolute Gasteiger partial charge is 0.309 e. The van der Waals surface area contributed by atoms with E-state index in [1.165, 1.54) is 38.4 Å². The first kappa shape index (κ1) is 34.8. The normalized spacial score (nSPS) is 11.9. The Morgan fingerprint density at radius 3 is 1.56 bits per heavy atom. The minimum absolute atomic E-state index is 0.622. The van der Waals surface area contributed by atoms with E-state index >= 15 is 0 Å². The molecule has 0 unspecified atom stereocenters. The number of para-hydroxylation sites is 1. The zero-order valence-electron chi connectivity index (χ0n) is 33.1. The zero-order chi connectivity index (χ0) is 40.3. The number of nitrogens with zero attached hydrogens (tertiary/aromatic N) is 4. The van der Waals surface area contributed by atoms with Crippen molar-refractivity contribution in [2.45, 2.75) is 0 Å². The molecule has 12 rings (SSSR count). The van der Waals surface area contributed by atoms with Crippen LogP contribution in [0.2, 0.25) is 0 Å². The van der Waals surface area contributed by atoms with Crippen molar-refractivity contribution in [1.29, 1.82) is 0 Å². The topological polar surface area (TPSA) is 41.9 Å². The molecule has 61 heavy (non-hydrogen) atoms. The van der Waals surface area contributed by atoms with E-state index in [2.05, 4.69) is 223 Å². The van der Waals surface area contributed by atoms with Crippen molar-refractivity contribution in [2.75, 3.05) is 4.90 Å². The fourth-order valence-electron chi connectivity index (χ4n) is 9.11. The molecule has 0 bridgehead atoms. The number of aromatic nitrogens is 3. The average Bonchev–Trinajstić information content (AvgIpc) is 3.34. The van der Waals surface area contributed by atoms with Crippen LogP contribution in [0.4, 0.5) is 17.1 Å². The molecule has 0 amide bonds. The minimum atomic E-state index is 0.622. The van der Waals surface area contributed by atoms with Crippen molar-refractivity contribution in [3.63, 3.8) is 0 Å². The first-order valence-corrected chi connectivity index (χ1v) is 20.7. The van der Waals surface area contributed by atoms with Gasteiger partial charge >= 0.3 is 0 Å². The molecule has 0 aliphatic carbocycles. The molecule has 10 aromatic carbocycles. The van der Waals surface area contributed by atoms with Crippen LogP contribution < -0.4 is 4.90 Å². The predicted octanol–water partition coefficient (Wildman–Crippen LogP) is 15.1. The third kappa shape index (κ3) is 5.96. The van der Waals surface area contributed by atoms with Gasteiger partial charge in [0, 0.05) is 33.3 Å². The lowest BCUT2D eigenvalue weighted by atomic mass is 9.85. The highest BCUT2D eigenvalue weighted by Crippen LogP contribution is 2.54. The first-order valence-electron chi connectivity index (χ1n) is 20.7. The molecule has 4 nitrogen and oxygen atoms in total. The van der Waals surface area contributed by atoms with Crippen LogP contribution in [0.3, 0.4) is 0 Å². The highest BCUT2D eigenvalue weighted by Gasteiger charge is 2.30. The third-order valence-electron chi connectivity index (χ3n) is 12.0. The summed E-state index contributed by atoms with van der Waals surface area (Å²) in [6.45, 7) is 0. The molecule has 0 saturated carbocycles. The SMILES string of the molecule is c1ccc(-c2ccc3cc(-c4nc(-c5ccc6ccccc6c5)nc(-c5cccc6c5-c5cccc7c(-c8ccccc8)ccc(c57)N6c5ccccc5)n4)ccc3c2)cc1. The number of fused-ring (bicyclic) bond motifs is 4. The molecule has 1 aliphatic rings. The van der Waals surface area contributed by atoms with Crippen molar-refractivity contribution in [2.24, 2.45) is 0 Å². The molecule has 11 aromatic rings. The Hall–Kier alpha value is -8.21. The predicted molar refractivity (Wildman–Crippen MR) is 253 cm³/mol. The van der Waals surface area contributed by atoms with Crippen LogP contribution in [0.25, 0.3) is 99.9 Å². The lowest BCUT2D eigenvalue weighted by Gasteiger charge is -2.35. The maximum atomic E-state index is 5.38. The van der Waals surface area contributed by atoms with E-state index in [1.807, 2.05) is 0 Å². The van der Waals surface area contributed by atoms with Crippen molar-refractivity contribution in [3.8, 4) is 67.5 Å². The van der Waals surface area contributed by atoms with E-state index in [4.69, 9.17) is 15.0 Å². The maximum Gasteiger partial charge on any atom is 0.164 e. The van der Waals surface area contributed by atoms with Crippen molar-refractivity contribution >= 4 is 49.4 Å². The summed E-state index contributed by atoms with van der Waals surface area (Å²) in [4.78, 5) is 18.4. The Bertz CT molecular complexity index is 3470. The average molecular weight is 777 g/mol. The summed E-state index contributed by atoms with van der Waals surface area (Å²) in [7, 11) is 0. The Morgan fingerprint density at radius 2 is 0.836 bits per heavy atom. The van der Waals surface area contributed by atoms with E-state index in [-0.39, 0.29) is 0 Å². The molecule has 1 aromatic heterocycles. The fraction of sp³-hybridized carbons (Fsp3) is 0. The van der Waals surface area contributed by atoms with E-state index < -0.39 is 0 Å². The summed E-state index contributed by atoms with van der Waals surface area (Å²) in [5.41, 5.74) is 13.1. The molecular formula is C57H36N4. The van der Waals surface area contributed by atoms with Crippen molar-refractivity contribution in [3.05, 3.63) is 218 Å². The molecule has 284 valence electrons. The molecule has 2 heterocycles. The Labute approximate surface area is 353 Å². The second-order valence-electron chi connectivity index (χ2n) is 15.6. The number of benzene rings is 10. The van der Waals surface area contributed by atoms with Gasteiger partial charge < -0.3 is 4.90 Å². The Kier molecular flexibility index (Phi) is 8.13. The van der Waals surface area contributed by atoms with Gasteiger partial charge in [0.25, 0.3) is 0 Å². The highest BCUT2D eigenvalue weighted by molar-refractivity contribution is 6.19. The third-order valence-corrected chi connectivity index (χ3v) is 12.0. The summed E-state index contributed by atoms with van der Waals surface area (Å²) >= 11 is 0. The minimum Gasteiger partial charge on any atom is -0.309 e. The van der Waals surface area contributed by atoms with Gasteiger partial charge in [-0.3, -0.25) is 0 Å². The fourth-order valence-corrected chi connectivity index (χ4v) is 9.11. The van der Waals surface area contributed by atoms with Gasteiger partial charge in [-0.15, -0.1) is 0 Å². The highest BCUT2D eigenvalue weighted by atomic mass is 15.2. The van der Waals surface area contributed by atoms with Gasteiger partial charge in [-0.05, 0) is 97.2 Å². The quantitative estimate of drug-likeness (QED) is 0.169. The van der Waals surface area contributed by atoms with E-state index in [0.29, 0.717) is 17.5 Å². The molecule has 4 heteroatoms. The smallest absolute Gasteiger partial charge is 0.164 e. The van der Waals surface area contributed by atoms with Crippen LogP contribution >= 0.6 is 0 Å². The van der Waals surface area contributed by atoms with E-state index in [1.54, 1.807) is 0 Å². The molecule has 0 spiro atoms. The molecule has 1 aliphatic heterocycles. The summed E-state index contributed by atoms with van der Waals surface area (Å²) < 4.78 is 0. The molecule has 0 N–H and O–H groups in total. The monoisotopic (exact) mass is 776 g/mol. The van der Waals surface area contributed by atoms with Gasteiger partial charge in [-0.25, -0.2) is 15.0 Å². The first-order chi connectivity index (χ1) is 30.2. The van der Waals surface area contributed by atoms with Crippen LogP contribution in [-0.2, 0) is 0 Å². The van der Waals surface area contributed by atoms with Crippen LogP contribution in [0.5, 0.6) is 0 Å². The Morgan fingerprint density at radius 1 is 0.295 bits per heavy atom. The number of hydrogen-bond donors (Lipinski definition) is 0. The van der Waals surface area contributed by atoms with Gasteiger partial charge in [0.1, 0.15) is 0 Å². The van der Waals surface area contributed by atoms with Gasteiger partial charge in [-0.2, -0.15) is 0 Å². The lowest BCUT2D eigenvalue weighted by molar-refractivity contribution is 1.07. The maximum absolute atomic E-state index is 5.38. The van der Waals surface area contributed by atoms with E-state index in [0.717, 1.165) is 61.0 Å². The van der Waals surface area contributed by atoms with Crippen molar-refractivity contribution in [1.82, 2.24) is 15.0 Å². The van der Waals surface area contributed by atoms with Crippen LogP contribution in [-0.4, -0.2) is 15.0 Å². The molecule has 0 fully saturated rings. The second kappa shape index (κ2) is 14.3. The summed E-state index contributed by atoms with van der Waals surface area (Å²) in [5.74, 6) is 1.88. The van der Waals surface area contributed by atoms with Crippen LogP contribution in [0.1, 0.15) is 0 Å². The number of hydrogen-bond acceptors (Lipinski definition) is 4. The standard InChI is InChI=1S/C57H36N4/c1-4-14-37(15-5-1)41-27-28-43-36-45(31-29-42(43)34-41)56-58-55(44-30-26-38-16-10-11-19-40(38)35-44)59-57(60-56)50-24-13-25-51-54(50)49-23-12-22-48-47(39-17-6-2-7-18-39)32-33-52(53(48)49)61(51)46-20-8-3-9-21-46/h1-36H. The van der Waals surface area contributed by atoms with E-state index in [9.17, 15) is 0 Å². The summed E-state index contributed by atoms with van der Waals surface area (Å²) in [5, 5.41) is 6.98. The Balaban J connectivity index is 1.10. The molecule has 0 saturated heterocycles. The second-order valence-corrected chi connectivity index (χ2v) is 15.6. The van der Waals surface area contributed by atoms with Gasteiger partial charge in [0.2, 0.25) is 0 Å². The molecule has 0 radical (unpaired) electrons. The lowest BCUT2D eigenvalue weighted by Crippen LogP contribution is -2.16. The summed E-state index contributed by atoms with van der Waals surface area (Å²) in [6, 6.07) is 77.6. The summed E-state index contributed by atoms with van der Waals surface area (Å²) in [6.07, 6.45) is 0. The molecule has 0 atom stereocenters.